The maximum Gasteiger partial charge on any atom is -0.0134 e. The second-order valence-electron chi connectivity index (χ2n) is 8.40. The van der Waals surface area contributed by atoms with E-state index in [1.807, 2.05) is 0 Å². The molecule has 0 spiro atoms. The fourth-order valence-corrected chi connectivity index (χ4v) is 5.71. The molecule has 0 heteroatoms. The van der Waals surface area contributed by atoms with Crippen LogP contribution in [0.25, 0.3) is 0 Å². The van der Waals surface area contributed by atoms with Crippen molar-refractivity contribution in [3.8, 4) is 0 Å². The first-order chi connectivity index (χ1) is 10.1. The summed E-state index contributed by atoms with van der Waals surface area (Å²) in [7, 11) is 0. The van der Waals surface area contributed by atoms with Gasteiger partial charge in [-0.1, -0.05) is 50.5 Å². The van der Waals surface area contributed by atoms with Crippen LogP contribution < -0.4 is 0 Å². The molecule has 6 unspecified atom stereocenters. The number of allylic oxidation sites excluding steroid dienone is 4. The van der Waals surface area contributed by atoms with E-state index in [0.29, 0.717) is 0 Å². The van der Waals surface area contributed by atoms with Crippen LogP contribution in [0.3, 0.4) is 0 Å². The summed E-state index contributed by atoms with van der Waals surface area (Å²) >= 11 is 0. The first-order valence-electron chi connectivity index (χ1n) is 9.45. The third-order valence-corrected chi connectivity index (χ3v) is 7.19. The maximum absolute atomic E-state index is 2.50. The van der Waals surface area contributed by atoms with Crippen molar-refractivity contribution in [2.45, 2.75) is 72.6 Å². The van der Waals surface area contributed by atoms with Gasteiger partial charge in [0.25, 0.3) is 0 Å². The SMILES string of the molecule is CC1=CC=C(CCCC2C(C)CC(C)C2C)C2CCCC12. The number of hydrogen-bond donors (Lipinski definition) is 0. The molecule has 0 aromatic carbocycles. The van der Waals surface area contributed by atoms with Crippen molar-refractivity contribution >= 4 is 0 Å². The Morgan fingerprint density at radius 2 is 1.76 bits per heavy atom. The molecule has 0 amide bonds. The highest BCUT2D eigenvalue weighted by Gasteiger charge is 2.36. The summed E-state index contributed by atoms with van der Waals surface area (Å²) in [6, 6.07) is 0. The summed E-state index contributed by atoms with van der Waals surface area (Å²) in [5.41, 5.74) is 3.43. The van der Waals surface area contributed by atoms with Crippen LogP contribution in [-0.4, -0.2) is 0 Å². The smallest absolute Gasteiger partial charge is 0.0134 e. The average molecular weight is 287 g/mol. The Kier molecular flexibility index (Phi) is 4.62. The van der Waals surface area contributed by atoms with Gasteiger partial charge >= 0.3 is 0 Å². The minimum atomic E-state index is 0.898. The highest BCUT2D eigenvalue weighted by atomic mass is 14.4. The number of rotatable bonds is 4. The van der Waals surface area contributed by atoms with Crippen LogP contribution in [-0.2, 0) is 0 Å². The van der Waals surface area contributed by atoms with Gasteiger partial charge in [0.05, 0.1) is 0 Å². The van der Waals surface area contributed by atoms with Gasteiger partial charge in [-0.05, 0) is 81.0 Å². The summed E-state index contributed by atoms with van der Waals surface area (Å²) in [6.07, 6.45) is 15.0. The normalized spacial score (nSPS) is 42.7. The molecule has 3 aliphatic carbocycles. The summed E-state index contributed by atoms with van der Waals surface area (Å²) < 4.78 is 0. The van der Waals surface area contributed by atoms with Gasteiger partial charge in [-0.15, -0.1) is 0 Å². The van der Waals surface area contributed by atoms with E-state index in [-0.39, 0.29) is 0 Å². The molecule has 2 fully saturated rings. The van der Waals surface area contributed by atoms with E-state index in [0.717, 1.165) is 35.5 Å². The van der Waals surface area contributed by atoms with Crippen molar-refractivity contribution < 1.29 is 0 Å². The molecule has 0 bridgehead atoms. The van der Waals surface area contributed by atoms with Gasteiger partial charge in [-0.3, -0.25) is 0 Å². The molecule has 3 aliphatic rings. The standard InChI is InChI=1S/C21H34/c1-14-11-12-18(21-10-6-9-20(14)21)7-5-8-19-16(3)13-15(2)17(19)4/h11-12,15-17,19-21H,5-10,13H2,1-4H3. The zero-order chi connectivity index (χ0) is 15.0. The summed E-state index contributed by atoms with van der Waals surface area (Å²) in [5.74, 6) is 5.64. The van der Waals surface area contributed by atoms with Gasteiger partial charge in [0.15, 0.2) is 0 Å². The van der Waals surface area contributed by atoms with Crippen LogP contribution in [0.2, 0.25) is 0 Å². The summed E-state index contributed by atoms with van der Waals surface area (Å²) in [6.45, 7) is 9.79. The Hall–Kier alpha value is -0.520. The largest absolute Gasteiger partial charge is 0.0696 e. The lowest BCUT2D eigenvalue weighted by molar-refractivity contribution is 0.295. The Morgan fingerprint density at radius 3 is 2.48 bits per heavy atom. The molecule has 3 rings (SSSR count). The van der Waals surface area contributed by atoms with Crippen LogP contribution in [0.15, 0.2) is 23.3 Å². The molecular formula is C21H34. The number of fused-ring (bicyclic) bond motifs is 1. The minimum Gasteiger partial charge on any atom is -0.0696 e. The number of hydrogen-bond acceptors (Lipinski definition) is 0. The second-order valence-corrected chi connectivity index (χ2v) is 8.40. The lowest BCUT2D eigenvalue weighted by Crippen LogP contribution is -2.16. The van der Waals surface area contributed by atoms with Crippen molar-refractivity contribution in [2.75, 3.05) is 0 Å². The Morgan fingerprint density at radius 1 is 1.00 bits per heavy atom. The molecule has 0 aliphatic heterocycles. The van der Waals surface area contributed by atoms with Gasteiger partial charge in [-0.25, -0.2) is 0 Å². The van der Waals surface area contributed by atoms with Gasteiger partial charge in [0.1, 0.15) is 0 Å². The molecule has 118 valence electrons. The Balaban J connectivity index is 1.54. The lowest BCUT2D eigenvalue weighted by Gasteiger charge is -2.28. The van der Waals surface area contributed by atoms with Crippen molar-refractivity contribution in [3.63, 3.8) is 0 Å². The Bertz CT molecular complexity index is 427. The highest BCUT2D eigenvalue weighted by molar-refractivity contribution is 5.29. The molecule has 0 aromatic heterocycles. The first kappa shape index (κ1) is 15.4. The first-order valence-corrected chi connectivity index (χ1v) is 9.45. The van der Waals surface area contributed by atoms with Gasteiger partial charge in [0.2, 0.25) is 0 Å². The van der Waals surface area contributed by atoms with Crippen molar-refractivity contribution in [2.24, 2.45) is 35.5 Å². The molecule has 0 nitrogen and oxygen atoms in total. The van der Waals surface area contributed by atoms with E-state index in [1.165, 1.54) is 44.9 Å². The third kappa shape index (κ3) is 3.01. The third-order valence-electron chi connectivity index (χ3n) is 7.19. The van der Waals surface area contributed by atoms with Crippen LogP contribution in [0.5, 0.6) is 0 Å². The zero-order valence-corrected chi connectivity index (χ0v) is 14.6. The molecule has 0 aromatic rings. The highest BCUT2D eigenvalue weighted by Crippen LogP contribution is 2.46. The minimum absolute atomic E-state index is 0.898. The zero-order valence-electron chi connectivity index (χ0n) is 14.6. The monoisotopic (exact) mass is 286 g/mol. The predicted octanol–water partition coefficient (Wildman–Crippen LogP) is 6.39. The van der Waals surface area contributed by atoms with Crippen LogP contribution in [0.4, 0.5) is 0 Å². The molecule has 2 saturated carbocycles. The van der Waals surface area contributed by atoms with E-state index < -0.39 is 0 Å². The van der Waals surface area contributed by atoms with E-state index in [1.54, 1.807) is 11.1 Å². The quantitative estimate of drug-likeness (QED) is 0.562. The van der Waals surface area contributed by atoms with Crippen molar-refractivity contribution in [3.05, 3.63) is 23.3 Å². The molecule has 0 N–H and O–H groups in total. The molecule has 6 atom stereocenters. The van der Waals surface area contributed by atoms with Crippen molar-refractivity contribution in [1.82, 2.24) is 0 Å². The average Bonchev–Trinajstić information content (AvgIpc) is 3.02. The molecule has 21 heavy (non-hydrogen) atoms. The Labute approximate surface area is 132 Å². The molecule has 0 saturated heterocycles. The van der Waals surface area contributed by atoms with Crippen molar-refractivity contribution in [1.29, 1.82) is 0 Å². The summed E-state index contributed by atoms with van der Waals surface area (Å²) in [5, 5.41) is 0. The van der Waals surface area contributed by atoms with Gasteiger partial charge in [-0.2, -0.15) is 0 Å². The molecule has 0 radical (unpaired) electrons. The van der Waals surface area contributed by atoms with E-state index >= 15 is 0 Å². The predicted molar refractivity (Wildman–Crippen MR) is 92.1 cm³/mol. The fraction of sp³-hybridized carbons (Fsp3) is 0.810. The van der Waals surface area contributed by atoms with E-state index in [9.17, 15) is 0 Å². The van der Waals surface area contributed by atoms with Crippen LogP contribution in [0, 0.1) is 35.5 Å². The lowest BCUT2D eigenvalue weighted by atomic mass is 9.77. The molecular weight excluding hydrogens is 252 g/mol. The van der Waals surface area contributed by atoms with Crippen LogP contribution in [0.1, 0.15) is 72.6 Å². The van der Waals surface area contributed by atoms with E-state index in [4.69, 9.17) is 0 Å². The molecule has 0 heterocycles. The topological polar surface area (TPSA) is 0 Å². The second kappa shape index (κ2) is 6.31. The fourth-order valence-electron chi connectivity index (χ4n) is 5.71. The van der Waals surface area contributed by atoms with Gasteiger partial charge < -0.3 is 0 Å². The summed E-state index contributed by atoms with van der Waals surface area (Å²) in [4.78, 5) is 0. The van der Waals surface area contributed by atoms with E-state index in [2.05, 4.69) is 39.8 Å². The van der Waals surface area contributed by atoms with Gasteiger partial charge in [0, 0.05) is 0 Å². The maximum atomic E-state index is 2.50. The van der Waals surface area contributed by atoms with Crippen LogP contribution >= 0.6 is 0 Å².